The van der Waals surface area contributed by atoms with Gasteiger partial charge in [0, 0.05) is 25.0 Å². The molecule has 0 atom stereocenters. The molecule has 3 heterocycles. The fourth-order valence-electron chi connectivity index (χ4n) is 3.28. The number of carbonyl (C=O) groups excluding carboxylic acids is 1. The van der Waals surface area contributed by atoms with Crippen LogP contribution in [0.15, 0.2) is 42.6 Å². The Bertz CT molecular complexity index is 801. The highest BCUT2D eigenvalue weighted by Gasteiger charge is 2.30. The van der Waals surface area contributed by atoms with Crippen LogP contribution in [0.25, 0.3) is 0 Å². The third-order valence-corrected chi connectivity index (χ3v) is 4.84. The molecular weight excluding hydrogens is 346 g/mol. The zero-order valence-corrected chi connectivity index (χ0v) is 15.3. The molecule has 0 unspecified atom stereocenters. The number of aromatic nitrogens is 1. The number of methoxy groups -OCH3 is 1. The van der Waals surface area contributed by atoms with E-state index in [1.165, 1.54) is 0 Å². The average Bonchev–Trinajstić information content (AvgIpc) is 2.71. The zero-order valence-electron chi connectivity index (χ0n) is 15.3. The highest BCUT2D eigenvalue weighted by Crippen LogP contribution is 2.30. The first-order valence-corrected chi connectivity index (χ1v) is 9.12. The number of hydrogen-bond acceptors (Lipinski definition) is 6. The summed E-state index contributed by atoms with van der Waals surface area (Å²) < 4.78 is 16.7. The van der Waals surface area contributed by atoms with Crippen molar-refractivity contribution in [3.63, 3.8) is 0 Å². The van der Waals surface area contributed by atoms with Crippen molar-refractivity contribution in [1.82, 2.24) is 9.88 Å². The second kappa shape index (κ2) is 7.84. The van der Waals surface area contributed by atoms with Crippen LogP contribution in [0.2, 0.25) is 0 Å². The number of benzene rings is 1. The Morgan fingerprint density at radius 3 is 2.63 bits per heavy atom. The smallest absolute Gasteiger partial charge is 0.272 e. The number of ether oxygens (including phenoxy) is 3. The first-order valence-electron chi connectivity index (χ1n) is 9.12. The second-order valence-electron chi connectivity index (χ2n) is 6.60. The van der Waals surface area contributed by atoms with Gasteiger partial charge < -0.3 is 24.0 Å². The lowest BCUT2D eigenvalue weighted by Crippen LogP contribution is -2.54. The number of rotatable bonds is 5. The molecule has 7 heteroatoms. The maximum absolute atomic E-state index is 12.6. The lowest BCUT2D eigenvalue weighted by atomic mass is 10.1. The van der Waals surface area contributed by atoms with E-state index in [-0.39, 0.29) is 12.0 Å². The lowest BCUT2D eigenvalue weighted by Gasteiger charge is -2.40. The molecular formula is C20H23N3O4. The largest absolute Gasteiger partial charge is 0.493 e. The van der Waals surface area contributed by atoms with Crippen molar-refractivity contribution in [3.8, 4) is 11.5 Å². The summed E-state index contributed by atoms with van der Waals surface area (Å²) in [5.41, 5.74) is 1.46. The third-order valence-electron chi connectivity index (χ3n) is 4.84. The fraction of sp³-hybridized carbons (Fsp3) is 0.400. The molecule has 2 aliphatic rings. The van der Waals surface area contributed by atoms with E-state index in [1.54, 1.807) is 18.2 Å². The van der Waals surface area contributed by atoms with Crippen LogP contribution in [-0.4, -0.2) is 68.4 Å². The first kappa shape index (κ1) is 17.6. The van der Waals surface area contributed by atoms with Gasteiger partial charge >= 0.3 is 0 Å². The van der Waals surface area contributed by atoms with Gasteiger partial charge in [0.2, 0.25) is 0 Å². The van der Waals surface area contributed by atoms with Crippen LogP contribution in [0.4, 0.5) is 5.69 Å². The molecule has 0 aliphatic carbocycles. The van der Waals surface area contributed by atoms with E-state index in [0.29, 0.717) is 32.0 Å². The van der Waals surface area contributed by atoms with Crippen molar-refractivity contribution in [2.75, 3.05) is 51.4 Å². The van der Waals surface area contributed by atoms with Gasteiger partial charge in [-0.3, -0.25) is 9.78 Å². The van der Waals surface area contributed by atoms with Gasteiger partial charge in [-0.15, -0.1) is 0 Å². The van der Waals surface area contributed by atoms with Crippen LogP contribution in [0, 0.1) is 0 Å². The maximum atomic E-state index is 12.6. The number of pyridine rings is 1. The number of nitrogens with zero attached hydrogens (tertiary/aromatic N) is 3. The maximum Gasteiger partial charge on any atom is 0.272 e. The van der Waals surface area contributed by atoms with Gasteiger partial charge in [-0.2, -0.15) is 0 Å². The van der Waals surface area contributed by atoms with Crippen LogP contribution in [0.1, 0.15) is 10.5 Å². The highest BCUT2D eigenvalue weighted by atomic mass is 16.5. The summed E-state index contributed by atoms with van der Waals surface area (Å²) in [5.74, 6) is 1.45. The quantitative estimate of drug-likeness (QED) is 0.801. The normalized spacial score (nSPS) is 17.4. The number of anilines is 1. The Balaban J connectivity index is 1.37. The molecule has 142 valence electrons. The van der Waals surface area contributed by atoms with E-state index in [2.05, 4.69) is 9.88 Å². The fourth-order valence-corrected chi connectivity index (χ4v) is 3.28. The van der Waals surface area contributed by atoms with Crippen LogP contribution >= 0.6 is 0 Å². The monoisotopic (exact) mass is 369 g/mol. The minimum absolute atomic E-state index is 0.0394. The summed E-state index contributed by atoms with van der Waals surface area (Å²) >= 11 is 0. The summed E-state index contributed by atoms with van der Waals surface area (Å²) in [6.07, 6.45) is 1.78. The van der Waals surface area contributed by atoms with E-state index < -0.39 is 0 Å². The SMILES string of the molecule is COc1ccccc1OC1CN(c2ccnc(C(=O)N3CCOCC3)c2)C1. The van der Waals surface area contributed by atoms with E-state index in [0.717, 1.165) is 30.3 Å². The van der Waals surface area contributed by atoms with E-state index in [1.807, 2.05) is 36.4 Å². The van der Waals surface area contributed by atoms with Crippen molar-refractivity contribution in [3.05, 3.63) is 48.3 Å². The Labute approximate surface area is 158 Å². The minimum Gasteiger partial charge on any atom is -0.493 e. The molecule has 0 spiro atoms. The number of amides is 1. The molecule has 1 aromatic heterocycles. The van der Waals surface area contributed by atoms with Crippen LogP contribution in [0.5, 0.6) is 11.5 Å². The topological polar surface area (TPSA) is 64.1 Å². The molecule has 0 radical (unpaired) electrons. The van der Waals surface area contributed by atoms with Gasteiger partial charge in [-0.05, 0) is 24.3 Å². The molecule has 0 bridgehead atoms. The Kier molecular flexibility index (Phi) is 5.11. The van der Waals surface area contributed by atoms with Crippen molar-refractivity contribution >= 4 is 11.6 Å². The Hall–Kier alpha value is -2.80. The molecule has 2 saturated heterocycles. The van der Waals surface area contributed by atoms with Gasteiger partial charge in [0.05, 0.1) is 33.4 Å². The van der Waals surface area contributed by atoms with Crippen molar-refractivity contribution in [2.24, 2.45) is 0 Å². The van der Waals surface area contributed by atoms with Crippen molar-refractivity contribution < 1.29 is 19.0 Å². The number of carbonyl (C=O) groups is 1. The van der Waals surface area contributed by atoms with Crippen LogP contribution in [0.3, 0.4) is 0 Å². The van der Waals surface area contributed by atoms with E-state index >= 15 is 0 Å². The molecule has 0 N–H and O–H groups in total. The number of morpholine rings is 1. The van der Waals surface area contributed by atoms with Gasteiger partial charge in [-0.25, -0.2) is 0 Å². The molecule has 0 saturated carbocycles. The van der Waals surface area contributed by atoms with E-state index in [9.17, 15) is 4.79 Å². The summed E-state index contributed by atoms with van der Waals surface area (Å²) in [5, 5.41) is 0. The summed E-state index contributed by atoms with van der Waals surface area (Å²) in [6.45, 7) is 3.91. The summed E-state index contributed by atoms with van der Waals surface area (Å²) in [7, 11) is 1.64. The standard InChI is InChI=1S/C20H23N3O4/c1-25-18-4-2-3-5-19(18)27-16-13-23(14-16)15-6-7-21-17(12-15)20(24)22-8-10-26-11-9-22/h2-7,12,16H,8-11,13-14H2,1H3. The number of para-hydroxylation sites is 2. The molecule has 1 amide bonds. The molecule has 2 aromatic rings. The molecule has 27 heavy (non-hydrogen) atoms. The van der Waals surface area contributed by atoms with Gasteiger partial charge in [0.25, 0.3) is 5.91 Å². The van der Waals surface area contributed by atoms with Crippen molar-refractivity contribution in [1.29, 1.82) is 0 Å². The summed E-state index contributed by atoms with van der Waals surface area (Å²) in [6, 6.07) is 11.4. The zero-order chi connectivity index (χ0) is 18.6. The van der Waals surface area contributed by atoms with Crippen LogP contribution < -0.4 is 14.4 Å². The molecule has 1 aromatic carbocycles. The van der Waals surface area contributed by atoms with Crippen molar-refractivity contribution in [2.45, 2.75) is 6.10 Å². The lowest BCUT2D eigenvalue weighted by molar-refractivity contribution is 0.0299. The minimum atomic E-state index is -0.0394. The highest BCUT2D eigenvalue weighted by molar-refractivity contribution is 5.93. The predicted octanol–water partition coefficient (Wildman–Crippen LogP) is 1.83. The average molecular weight is 369 g/mol. The van der Waals surface area contributed by atoms with E-state index in [4.69, 9.17) is 14.2 Å². The Morgan fingerprint density at radius 1 is 1.15 bits per heavy atom. The molecule has 2 fully saturated rings. The molecule has 7 nitrogen and oxygen atoms in total. The third kappa shape index (κ3) is 3.83. The predicted molar refractivity (Wildman–Crippen MR) is 101 cm³/mol. The molecule has 4 rings (SSSR count). The van der Waals surface area contributed by atoms with Gasteiger partial charge in [0.1, 0.15) is 11.8 Å². The first-order chi connectivity index (χ1) is 13.2. The van der Waals surface area contributed by atoms with Gasteiger partial charge in [0.15, 0.2) is 11.5 Å². The number of hydrogen-bond donors (Lipinski definition) is 0. The van der Waals surface area contributed by atoms with Gasteiger partial charge in [-0.1, -0.05) is 12.1 Å². The summed E-state index contributed by atoms with van der Waals surface area (Å²) in [4.78, 5) is 20.8. The molecule has 2 aliphatic heterocycles. The van der Waals surface area contributed by atoms with Crippen LogP contribution in [-0.2, 0) is 4.74 Å². The Morgan fingerprint density at radius 2 is 1.89 bits per heavy atom. The second-order valence-corrected chi connectivity index (χ2v) is 6.60.